The van der Waals surface area contributed by atoms with E-state index in [1.807, 2.05) is 99.6 Å². The van der Waals surface area contributed by atoms with Gasteiger partial charge in [-0.2, -0.15) is 0 Å². The number of amides is 2. The van der Waals surface area contributed by atoms with Gasteiger partial charge < -0.3 is 14.8 Å². The lowest BCUT2D eigenvalue weighted by molar-refractivity contribution is -0.148. The van der Waals surface area contributed by atoms with Crippen LogP contribution in [0.5, 0.6) is 0 Å². The Labute approximate surface area is 280 Å². The van der Waals surface area contributed by atoms with Crippen molar-refractivity contribution in [3.05, 3.63) is 149 Å². The summed E-state index contributed by atoms with van der Waals surface area (Å²) in [6, 6.07) is 38.0. The Kier molecular flexibility index (Phi) is 9.67. The van der Waals surface area contributed by atoms with E-state index in [-0.39, 0.29) is 31.0 Å². The fraction of sp³-hybridized carbons (Fsp3) is 0.195. The molecule has 1 aliphatic rings. The first-order valence-electron chi connectivity index (χ1n) is 16.1. The van der Waals surface area contributed by atoms with Crippen LogP contribution in [0, 0.1) is 12.8 Å². The molecule has 0 bridgehead atoms. The molecule has 2 amide bonds. The zero-order valence-corrected chi connectivity index (χ0v) is 27.2. The number of carbonyl (C=O) groups is 3. The lowest BCUT2D eigenvalue weighted by Crippen LogP contribution is -2.45. The number of hydrogen-bond acceptors (Lipinski definition) is 5. The molecule has 5 aromatic rings. The predicted molar refractivity (Wildman–Crippen MR) is 188 cm³/mol. The highest BCUT2D eigenvalue weighted by atomic mass is 16.5. The summed E-state index contributed by atoms with van der Waals surface area (Å²) in [5, 5.41) is 5.69. The van der Waals surface area contributed by atoms with Gasteiger partial charge in [-0.3, -0.25) is 10.1 Å². The first-order chi connectivity index (χ1) is 23.3. The highest BCUT2D eigenvalue weighted by molar-refractivity contribution is 5.97. The third-order valence-corrected chi connectivity index (χ3v) is 8.64. The Balaban J connectivity index is 1.05. The molecule has 48 heavy (non-hydrogen) atoms. The molecule has 0 spiro atoms. The molecule has 7 heteroatoms. The molecule has 6 rings (SSSR count). The minimum absolute atomic E-state index is 0.0228. The Bertz CT molecular complexity index is 1890. The number of hydrogen-bond donors (Lipinski definition) is 2. The molecule has 0 radical (unpaired) electrons. The highest BCUT2D eigenvalue weighted by Crippen LogP contribution is 2.44. The van der Waals surface area contributed by atoms with Crippen molar-refractivity contribution in [3.8, 4) is 22.3 Å². The van der Waals surface area contributed by atoms with Crippen LogP contribution in [0.4, 0.5) is 10.5 Å². The van der Waals surface area contributed by atoms with Gasteiger partial charge in [-0.15, -0.1) is 0 Å². The van der Waals surface area contributed by atoms with Crippen LogP contribution in [0.25, 0.3) is 22.3 Å². The van der Waals surface area contributed by atoms with Crippen LogP contribution in [-0.2, 0) is 20.9 Å². The van der Waals surface area contributed by atoms with Crippen molar-refractivity contribution in [2.24, 2.45) is 5.92 Å². The van der Waals surface area contributed by atoms with E-state index >= 15 is 0 Å². The van der Waals surface area contributed by atoms with Gasteiger partial charge in [-0.05, 0) is 76.1 Å². The standard InChI is InChI=1S/C41H38N2O5/c1-26(2)38(40(45)47-24-28-17-15-27(3)16-18-28)43-39(44)30-21-19-29(20-22-30)31-9-8-10-32(23-31)42-41(46)48-25-37-35-13-6-4-11-33(35)34-12-5-7-14-36(34)37/h4-23,26,37-38H,24-25H2,1-3H3,(H,42,46)(H,43,44)/t38-/m0/s1. The number of esters is 1. The summed E-state index contributed by atoms with van der Waals surface area (Å²) in [6.45, 7) is 6.10. The van der Waals surface area contributed by atoms with Crippen molar-refractivity contribution in [1.29, 1.82) is 0 Å². The summed E-state index contributed by atoms with van der Waals surface area (Å²) in [5.41, 5.74) is 9.41. The number of fused-ring (bicyclic) bond motifs is 3. The third-order valence-electron chi connectivity index (χ3n) is 8.64. The average molecular weight is 639 g/mol. The number of rotatable bonds is 10. The van der Waals surface area contributed by atoms with Gasteiger partial charge in [0.05, 0.1) is 0 Å². The minimum Gasteiger partial charge on any atom is -0.459 e. The maximum Gasteiger partial charge on any atom is 0.411 e. The van der Waals surface area contributed by atoms with Crippen LogP contribution in [0.15, 0.2) is 121 Å². The normalized spacial score (nSPS) is 12.5. The largest absolute Gasteiger partial charge is 0.459 e. The minimum atomic E-state index is -0.789. The molecule has 0 unspecified atom stereocenters. The van der Waals surface area contributed by atoms with Crippen molar-refractivity contribution in [1.82, 2.24) is 5.32 Å². The number of ether oxygens (including phenoxy) is 2. The van der Waals surface area contributed by atoms with Gasteiger partial charge in [0.25, 0.3) is 5.91 Å². The van der Waals surface area contributed by atoms with Crippen LogP contribution in [0.3, 0.4) is 0 Å². The zero-order valence-electron chi connectivity index (χ0n) is 27.2. The van der Waals surface area contributed by atoms with Gasteiger partial charge in [0.15, 0.2) is 0 Å². The number of nitrogens with one attached hydrogen (secondary N) is 2. The molecule has 1 aliphatic carbocycles. The molecule has 0 saturated heterocycles. The molecule has 2 N–H and O–H groups in total. The van der Waals surface area contributed by atoms with Crippen LogP contribution >= 0.6 is 0 Å². The Morgan fingerprint density at radius 3 is 2.00 bits per heavy atom. The van der Waals surface area contributed by atoms with Crippen LogP contribution < -0.4 is 10.6 Å². The smallest absolute Gasteiger partial charge is 0.411 e. The van der Waals surface area contributed by atoms with E-state index in [4.69, 9.17) is 9.47 Å². The third kappa shape index (κ3) is 7.31. The Hall–Kier alpha value is -5.69. The maximum absolute atomic E-state index is 13.1. The Morgan fingerprint density at radius 2 is 1.35 bits per heavy atom. The van der Waals surface area contributed by atoms with Gasteiger partial charge in [-0.1, -0.05) is 116 Å². The molecular formula is C41H38N2O5. The predicted octanol–water partition coefficient (Wildman–Crippen LogP) is 8.52. The lowest BCUT2D eigenvalue weighted by Gasteiger charge is -2.21. The van der Waals surface area contributed by atoms with Crippen molar-refractivity contribution >= 4 is 23.7 Å². The second kappa shape index (κ2) is 14.4. The first kappa shape index (κ1) is 32.3. The molecule has 0 saturated carbocycles. The van der Waals surface area contributed by atoms with E-state index in [1.54, 1.807) is 18.2 Å². The molecule has 0 aliphatic heterocycles. The van der Waals surface area contributed by atoms with Crippen LogP contribution in [0.1, 0.15) is 52.4 Å². The summed E-state index contributed by atoms with van der Waals surface area (Å²) < 4.78 is 11.2. The Morgan fingerprint density at radius 1 is 0.708 bits per heavy atom. The molecule has 0 heterocycles. The second-order valence-corrected chi connectivity index (χ2v) is 12.4. The quantitative estimate of drug-likeness (QED) is 0.150. The highest BCUT2D eigenvalue weighted by Gasteiger charge is 2.29. The summed E-state index contributed by atoms with van der Waals surface area (Å²) in [7, 11) is 0. The molecule has 7 nitrogen and oxygen atoms in total. The van der Waals surface area contributed by atoms with Gasteiger partial charge in [0.1, 0.15) is 19.3 Å². The number of carbonyl (C=O) groups excluding carboxylic acids is 3. The second-order valence-electron chi connectivity index (χ2n) is 12.4. The van der Waals surface area contributed by atoms with Crippen molar-refractivity contribution in [3.63, 3.8) is 0 Å². The molecule has 0 aromatic heterocycles. The number of aryl methyl sites for hydroxylation is 1. The lowest BCUT2D eigenvalue weighted by atomic mass is 9.98. The molecule has 5 aromatic carbocycles. The topological polar surface area (TPSA) is 93.7 Å². The first-order valence-corrected chi connectivity index (χ1v) is 16.1. The van der Waals surface area contributed by atoms with Crippen LogP contribution in [-0.4, -0.2) is 30.6 Å². The SMILES string of the molecule is Cc1ccc(COC(=O)[C@@H](NC(=O)c2ccc(-c3cccc(NC(=O)OCC4c5ccccc5-c5ccccc54)c3)cc2)C(C)C)cc1. The summed E-state index contributed by atoms with van der Waals surface area (Å²) in [6.07, 6.45) is -0.530. The monoisotopic (exact) mass is 638 g/mol. The zero-order chi connectivity index (χ0) is 33.6. The van der Waals surface area contributed by atoms with Gasteiger partial charge >= 0.3 is 12.1 Å². The van der Waals surface area contributed by atoms with Crippen molar-refractivity contribution in [2.45, 2.75) is 39.3 Å². The summed E-state index contributed by atoms with van der Waals surface area (Å²) >= 11 is 0. The van der Waals surface area contributed by atoms with Crippen molar-refractivity contribution in [2.75, 3.05) is 11.9 Å². The number of benzene rings is 5. The molecule has 1 atom stereocenters. The van der Waals surface area contributed by atoms with Crippen molar-refractivity contribution < 1.29 is 23.9 Å². The van der Waals surface area contributed by atoms with E-state index in [2.05, 4.69) is 34.9 Å². The van der Waals surface area contributed by atoms with E-state index in [1.165, 1.54) is 11.1 Å². The summed E-state index contributed by atoms with van der Waals surface area (Å²) in [4.78, 5) is 38.8. The average Bonchev–Trinajstić information content (AvgIpc) is 3.42. The number of anilines is 1. The van der Waals surface area contributed by atoms with Gasteiger partial charge in [0.2, 0.25) is 0 Å². The van der Waals surface area contributed by atoms with Gasteiger partial charge in [-0.25, -0.2) is 9.59 Å². The van der Waals surface area contributed by atoms with E-state index in [0.29, 0.717) is 11.3 Å². The van der Waals surface area contributed by atoms with Gasteiger partial charge in [0, 0.05) is 17.2 Å². The van der Waals surface area contributed by atoms with E-state index < -0.39 is 18.1 Å². The molecule has 0 fully saturated rings. The maximum atomic E-state index is 13.1. The molecule has 242 valence electrons. The fourth-order valence-corrected chi connectivity index (χ4v) is 5.99. The fourth-order valence-electron chi connectivity index (χ4n) is 5.99. The van der Waals surface area contributed by atoms with E-state index in [9.17, 15) is 14.4 Å². The van der Waals surface area contributed by atoms with Crippen LogP contribution in [0.2, 0.25) is 0 Å². The molecular weight excluding hydrogens is 600 g/mol. The van der Waals surface area contributed by atoms with E-state index in [0.717, 1.165) is 33.4 Å². The summed E-state index contributed by atoms with van der Waals surface area (Å²) in [5.74, 6) is -1.02.